The van der Waals surface area contributed by atoms with Crippen molar-refractivity contribution in [2.45, 2.75) is 71.3 Å². The van der Waals surface area contributed by atoms with Crippen molar-refractivity contribution >= 4 is 23.6 Å². The zero-order valence-corrected chi connectivity index (χ0v) is 18.8. The summed E-state index contributed by atoms with van der Waals surface area (Å²) in [5.41, 5.74) is 3.43. The molecule has 0 N–H and O–H groups in total. The van der Waals surface area contributed by atoms with Gasteiger partial charge >= 0.3 is 0 Å². The zero-order chi connectivity index (χ0) is 20.4. The smallest absolute Gasteiger partial charge is 0.222 e. The SMILES string of the molecule is CN1C(=O)CC[C@@]2(C)C1CC[C@@H]1[C@H]2CC[C@]2(C)C(=Cc3ccccc3Cl)CC[C@@H]12. The molecule has 1 unspecified atom stereocenters. The molecule has 1 aromatic rings. The molecule has 6 atom stereocenters. The van der Waals surface area contributed by atoms with Crippen LogP contribution < -0.4 is 0 Å². The zero-order valence-electron chi connectivity index (χ0n) is 18.1. The number of rotatable bonds is 1. The highest BCUT2D eigenvalue weighted by Gasteiger charge is 2.60. The number of allylic oxidation sites excluding steroid dienone is 1. The van der Waals surface area contributed by atoms with E-state index in [-0.39, 0.29) is 0 Å². The quantitative estimate of drug-likeness (QED) is 0.510. The van der Waals surface area contributed by atoms with Crippen molar-refractivity contribution in [2.75, 3.05) is 7.05 Å². The molecule has 5 rings (SSSR count). The van der Waals surface area contributed by atoms with E-state index < -0.39 is 0 Å². The summed E-state index contributed by atoms with van der Waals surface area (Å²) in [7, 11) is 2.05. The van der Waals surface area contributed by atoms with Crippen LogP contribution in [-0.2, 0) is 4.79 Å². The number of amides is 1. The second kappa shape index (κ2) is 6.87. The van der Waals surface area contributed by atoms with E-state index in [9.17, 15) is 4.79 Å². The first-order valence-electron chi connectivity index (χ1n) is 11.6. The summed E-state index contributed by atoms with van der Waals surface area (Å²) in [5, 5.41) is 0.865. The van der Waals surface area contributed by atoms with Crippen molar-refractivity contribution in [2.24, 2.45) is 28.6 Å². The fourth-order valence-electron chi connectivity index (χ4n) is 8.02. The highest BCUT2D eigenvalue weighted by atomic mass is 35.5. The number of hydrogen-bond donors (Lipinski definition) is 0. The number of carbonyl (C=O) groups is 1. The van der Waals surface area contributed by atoms with Crippen LogP contribution in [-0.4, -0.2) is 23.9 Å². The van der Waals surface area contributed by atoms with Gasteiger partial charge in [0.2, 0.25) is 5.91 Å². The molecule has 0 aromatic heterocycles. The summed E-state index contributed by atoms with van der Waals surface area (Å²) in [6.07, 6.45) is 11.9. The van der Waals surface area contributed by atoms with E-state index in [2.05, 4.69) is 44.0 Å². The van der Waals surface area contributed by atoms with Crippen LogP contribution in [0, 0.1) is 28.6 Å². The van der Waals surface area contributed by atoms with Crippen molar-refractivity contribution in [1.29, 1.82) is 0 Å². The standard InChI is InChI=1S/C26H34ClNO/c1-25-14-12-21-19(9-11-23-26(21,2)15-13-24(29)28(23)3)20(25)10-8-18(25)16-17-6-4-5-7-22(17)27/h4-7,16,19-21,23H,8-15H2,1-3H3/t19-,20-,21+,23?,25+,26+/m0/s1. The van der Waals surface area contributed by atoms with Gasteiger partial charge in [0.25, 0.3) is 0 Å². The molecule has 2 nitrogen and oxygen atoms in total. The molecule has 1 saturated heterocycles. The molecular formula is C26H34ClNO. The Balaban J connectivity index is 1.45. The number of piperidine rings is 1. The van der Waals surface area contributed by atoms with E-state index >= 15 is 0 Å². The van der Waals surface area contributed by atoms with E-state index in [0.717, 1.165) is 35.6 Å². The summed E-state index contributed by atoms with van der Waals surface area (Å²) >= 11 is 6.48. The van der Waals surface area contributed by atoms with Gasteiger partial charge in [-0.3, -0.25) is 4.79 Å². The first kappa shape index (κ1) is 19.7. The largest absolute Gasteiger partial charge is 0.342 e. The molecule has 0 radical (unpaired) electrons. The third-order valence-electron chi connectivity index (χ3n) is 9.64. The number of benzene rings is 1. The maximum Gasteiger partial charge on any atom is 0.222 e. The van der Waals surface area contributed by atoms with Crippen molar-refractivity contribution in [3.63, 3.8) is 0 Å². The molecule has 4 fully saturated rings. The maximum atomic E-state index is 12.3. The van der Waals surface area contributed by atoms with Crippen LogP contribution in [0.4, 0.5) is 0 Å². The number of carbonyl (C=O) groups excluding carboxylic acids is 1. The lowest BCUT2D eigenvalue weighted by atomic mass is 9.47. The molecule has 29 heavy (non-hydrogen) atoms. The van der Waals surface area contributed by atoms with Gasteiger partial charge in [0, 0.05) is 24.5 Å². The normalized spacial score (nSPS) is 43.1. The van der Waals surface area contributed by atoms with Crippen LogP contribution in [0.5, 0.6) is 0 Å². The Morgan fingerprint density at radius 3 is 2.62 bits per heavy atom. The summed E-state index contributed by atoms with van der Waals surface area (Å²) < 4.78 is 0. The van der Waals surface area contributed by atoms with Gasteiger partial charge in [-0.25, -0.2) is 0 Å². The van der Waals surface area contributed by atoms with Gasteiger partial charge in [0.05, 0.1) is 0 Å². The van der Waals surface area contributed by atoms with Gasteiger partial charge < -0.3 is 4.90 Å². The van der Waals surface area contributed by atoms with Gasteiger partial charge in [0.15, 0.2) is 0 Å². The monoisotopic (exact) mass is 411 g/mol. The fourth-order valence-corrected chi connectivity index (χ4v) is 8.21. The highest BCUT2D eigenvalue weighted by Crippen LogP contribution is 2.66. The van der Waals surface area contributed by atoms with E-state index in [1.54, 1.807) is 5.57 Å². The molecule has 3 saturated carbocycles. The van der Waals surface area contributed by atoms with Gasteiger partial charge in [-0.2, -0.15) is 0 Å². The van der Waals surface area contributed by atoms with E-state index in [4.69, 9.17) is 11.6 Å². The lowest BCUT2D eigenvalue weighted by molar-refractivity contribution is -0.156. The maximum absolute atomic E-state index is 12.3. The van der Waals surface area contributed by atoms with Crippen LogP contribution in [0.2, 0.25) is 5.02 Å². The first-order chi connectivity index (χ1) is 13.8. The van der Waals surface area contributed by atoms with E-state index in [1.165, 1.54) is 44.1 Å². The Kier molecular flexibility index (Phi) is 4.66. The number of halogens is 1. The Morgan fingerprint density at radius 2 is 1.83 bits per heavy atom. The van der Waals surface area contributed by atoms with E-state index in [1.807, 2.05) is 12.1 Å². The molecule has 0 bridgehead atoms. The Bertz CT molecular complexity index is 862. The summed E-state index contributed by atoms with van der Waals surface area (Å²) in [5.74, 6) is 2.73. The summed E-state index contributed by atoms with van der Waals surface area (Å²) in [6.45, 7) is 5.05. The molecule has 1 amide bonds. The average molecular weight is 412 g/mol. The topological polar surface area (TPSA) is 20.3 Å². The minimum absolute atomic E-state index is 0.308. The van der Waals surface area contributed by atoms with Gasteiger partial charge in [-0.1, -0.05) is 55.3 Å². The Labute approximate surface area is 180 Å². The predicted molar refractivity (Wildman–Crippen MR) is 120 cm³/mol. The number of likely N-dealkylation sites (tertiary alicyclic amines) is 1. The number of fused-ring (bicyclic) bond motifs is 5. The minimum Gasteiger partial charge on any atom is -0.342 e. The van der Waals surface area contributed by atoms with Crippen LogP contribution in [0.1, 0.15) is 70.8 Å². The third-order valence-corrected chi connectivity index (χ3v) is 9.98. The summed E-state index contributed by atoms with van der Waals surface area (Å²) in [4.78, 5) is 14.4. The third kappa shape index (κ3) is 2.85. The molecular weight excluding hydrogens is 378 g/mol. The van der Waals surface area contributed by atoms with Crippen molar-refractivity contribution in [3.05, 3.63) is 40.4 Å². The van der Waals surface area contributed by atoms with Crippen LogP contribution in [0.15, 0.2) is 29.8 Å². The lowest BCUT2D eigenvalue weighted by Crippen LogP contribution is -2.61. The number of hydrogen-bond acceptors (Lipinski definition) is 1. The molecule has 0 spiro atoms. The van der Waals surface area contributed by atoms with Crippen LogP contribution in [0.3, 0.4) is 0 Å². The van der Waals surface area contributed by atoms with Crippen molar-refractivity contribution in [3.8, 4) is 0 Å². The molecule has 1 aliphatic heterocycles. The lowest BCUT2D eigenvalue weighted by Gasteiger charge is -2.61. The summed E-state index contributed by atoms with van der Waals surface area (Å²) in [6, 6.07) is 8.71. The molecule has 4 aliphatic rings. The van der Waals surface area contributed by atoms with Gasteiger partial charge in [-0.05, 0) is 85.2 Å². The van der Waals surface area contributed by atoms with Crippen LogP contribution in [0.25, 0.3) is 6.08 Å². The second-order valence-corrected chi connectivity index (χ2v) is 11.1. The van der Waals surface area contributed by atoms with Crippen LogP contribution >= 0.6 is 11.6 Å². The highest BCUT2D eigenvalue weighted by molar-refractivity contribution is 6.32. The molecule has 3 heteroatoms. The fraction of sp³-hybridized carbons (Fsp3) is 0.654. The Hall–Kier alpha value is -1.28. The van der Waals surface area contributed by atoms with Gasteiger partial charge in [-0.15, -0.1) is 0 Å². The number of nitrogens with zero attached hydrogens (tertiary/aromatic N) is 1. The van der Waals surface area contributed by atoms with Crippen molar-refractivity contribution < 1.29 is 4.79 Å². The molecule has 1 aromatic carbocycles. The minimum atomic E-state index is 0.308. The average Bonchev–Trinajstić information content (AvgIpc) is 3.03. The first-order valence-corrected chi connectivity index (χ1v) is 11.9. The van der Waals surface area contributed by atoms with E-state index in [0.29, 0.717) is 22.8 Å². The Morgan fingerprint density at radius 1 is 1.03 bits per heavy atom. The van der Waals surface area contributed by atoms with Gasteiger partial charge in [0.1, 0.15) is 0 Å². The molecule has 3 aliphatic carbocycles. The van der Waals surface area contributed by atoms with Crippen molar-refractivity contribution in [1.82, 2.24) is 4.90 Å². The molecule has 1 heterocycles. The predicted octanol–water partition coefficient (Wildman–Crippen LogP) is 6.59. The molecule has 156 valence electrons. The second-order valence-electron chi connectivity index (χ2n) is 10.7.